The fourth-order valence-electron chi connectivity index (χ4n) is 3.54. The third-order valence-electron chi connectivity index (χ3n) is 4.71. The minimum Gasteiger partial charge on any atom is -0.385 e. The second kappa shape index (κ2) is 6.25. The zero-order valence-corrected chi connectivity index (χ0v) is 13.6. The van der Waals surface area contributed by atoms with Gasteiger partial charge in [0.25, 0.3) is 0 Å². The molecule has 1 atom stereocenters. The molecule has 3 rings (SSSR count). The highest BCUT2D eigenvalue weighted by molar-refractivity contribution is 5.98. The summed E-state index contributed by atoms with van der Waals surface area (Å²) in [5.41, 5.74) is 2.02. The van der Waals surface area contributed by atoms with Gasteiger partial charge < -0.3 is 5.32 Å². The molecule has 2 aliphatic heterocycles. The summed E-state index contributed by atoms with van der Waals surface area (Å²) in [5, 5.41) is 3.42. The van der Waals surface area contributed by atoms with E-state index >= 15 is 0 Å². The molecule has 2 heterocycles. The Bertz CT molecular complexity index is 556. The molecule has 2 aliphatic rings. The molecule has 1 fully saturated rings. The first kappa shape index (κ1) is 15.3. The minimum absolute atomic E-state index is 0.0950. The Morgan fingerprint density at radius 2 is 1.77 bits per heavy atom. The lowest BCUT2D eigenvalue weighted by molar-refractivity contribution is -0.118. The van der Waals surface area contributed by atoms with E-state index in [1.807, 2.05) is 12.3 Å². The Labute approximate surface area is 133 Å². The van der Waals surface area contributed by atoms with Crippen molar-refractivity contribution in [3.8, 4) is 0 Å². The summed E-state index contributed by atoms with van der Waals surface area (Å²) < 4.78 is 0. The SMILES string of the molecule is CC1(C)CC(=O)C(C(c2ccccc2)N2CCCCC2)=CN1. The number of carbonyl (C=O) groups excluding carboxylic acids is 1. The molecule has 1 N–H and O–H groups in total. The minimum atomic E-state index is -0.135. The summed E-state index contributed by atoms with van der Waals surface area (Å²) in [6.45, 7) is 6.31. The summed E-state index contributed by atoms with van der Waals surface area (Å²) in [5.74, 6) is 0.281. The molecule has 118 valence electrons. The van der Waals surface area contributed by atoms with Crippen LogP contribution in [0.4, 0.5) is 0 Å². The number of nitrogens with zero attached hydrogens (tertiary/aromatic N) is 1. The third kappa shape index (κ3) is 3.25. The van der Waals surface area contributed by atoms with Crippen LogP contribution in [0.15, 0.2) is 42.1 Å². The van der Waals surface area contributed by atoms with Crippen LogP contribution in [0, 0.1) is 0 Å². The zero-order chi connectivity index (χ0) is 15.6. The highest BCUT2D eigenvalue weighted by Crippen LogP contribution is 2.34. The molecule has 0 saturated carbocycles. The van der Waals surface area contributed by atoms with Gasteiger partial charge in [0.05, 0.1) is 6.04 Å². The van der Waals surface area contributed by atoms with Crippen molar-refractivity contribution >= 4 is 5.78 Å². The van der Waals surface area contributed by atoms with E-state index in [0.29, 0.717) is 6.42 Å². The van der Waals surface area contributed by atoms with Crippen molar-refractivity contribution in [1.29, 1.82) is 0 Å². The van der Waals surface area contributed by atoms with Crippen molar-refractivity contribution in [3.63, 3.8) is 0 Å². The van der Waals surface area contributed by atoms with Crippen molar-refractivity contribution in [2.24, 2.45) is 0 Å². The molecule has 0 amide bonds. The average Bonchev–Trinajstić information content (AvgIpc) is 2.51. The molecule has 3 nitrogen and oxygen atoms in total. The highest BCUT2D eigenvalue weighted by Gasteiger charge is 2.34. The van der Waals surface area contributed by atoms with Crippen molar-refractivity contribution in [2.75, 3.05) is 13.1 Å². The Hall–Kier alpha value is -1.61. The van der Waals surface area contributed by atoms with Crippen LogP contribution in [0.1, 0.15) is 51.1 Å². The first-order valence-corrected chi connectivity index (χ1v) is 8.37. The molecule has 1 aromatic carbocycles. The number of hydrogen-bond donors (Lipinski definition) is 1. The zero-order valence-electron chi connectivity index (χ0n) is 13.6. The van der Waals surface area contributed by atoms with Gasteiger partial charge in [-0.25, -0.2) is 0 Å². The molecular formula is C19H26N2O. The monoisotopic (exact) mass is 298 g/mol. The highest BCUT2D eigenvalue weighted by atomic mass is 16.1. The smallest absolute Gasteiger partial charge is 0.164 e. The third-order valence-corrected chi connectivity index (χ3v) is 4.71. The number of benzene rings is 1. The summed E-state index contributed by atoms with van der Waals surface area (Å²) in [6, 6.07) is 10.6. The molecule has 3 heteroatoms. The number of nitrogens with one attached hydrogen (secondary N) is 1. The molecule has 1 saturated heterocycles. The molecule has 0 aromatic heterocycles. The molecule has 0 spiro atoms. The summed E-state index contributed by atoms with van der Waals surface area (Å²) in [4.78, 5) is 15.2. The van der Waals surface area contributed by atoms with Gasteiger partial charge >= 0.3 is 0 Å². The number of hydrogen-bond acceptors (Lipinski definition) is 3. The van der Waals surface area contributed by atoms with Crippen LogP contribution in [0.25, 0.3) is 0 Å². The molecule has 0 radical (unpaired) electrons. The van der Waals surface area contributed by atoms with Gasteiger partial charge in [0.15, 0.2) is 5.78 Å². The van der Waals surface area contributed by atoms with Gasteiger partial charge in [-0.1, -0.05) is 36.8 Å². The first-order valence-electron chi connectivity index (χ1n) is 8.37. The van der Waals surface area contributed by atoms with Crippen LogP contribution in [-0.2, 0) is 4.79 Å². The van der Waals surface area contributed by atoms with E-state index in [-0.39, 0.29) is 17.4 Å². The standard InChI is InChI=1S/C19H26N2O/c1-19(2)13-17(22)16(14-20-19)18(15-9-5-3-6-10-15)21-11-7-4-8-12-21/h3,5-6,9-10,14,18,20H,4,7-8,11-13H2,1-2H3. The van der Waals surface area contributed by atoms with Crippen LogP contribution in [0.3, 0.4) is 0 Å². The quantitative estimate of drug-likeness (QED) is 0.928. The van der Waals surface area contributed by atoms with E-state index in [1.165, 1.54) is 24.8 Å². The van der Waals surface area contributed by atoms with Crippen molar-refractivity contribution < 1.29 is 4.79 Å². The normalized spacial score (nSPS) is 23.5. The second-order valence-corrected chi connectivity index (χ2v) is 7.14. The lowest BCUT2D eigenvalue weighted by Crippen LogP contribution is -2.45. The maximum Gasteiger partial charge on any atom is 0.164 e. The van der Waals surface area contributed by atoms with Gasteiger partial charge in [-0.05, 0) is 45.3 Å². The van der Waals surface area contributed by atoms with Gasteiger partial charge in [0.2, 0.25) is 0 Å². The number of carbonyl (C=O) groups is 1. The van der Waals surface area contributed by atoms with E-state index in [9.17, 15) is 4.79 Å². The number of rotatable bonds is 3. The Kier molecular flexibility index (Phi) is 4.34. The Balaban J connectivity index is 1.95. The van der Waals surface area contributed by atoms with E-state index in [1.54, 1.807) is 0 Å². The van der Waals surface area contributed by atoms with E-state index < -0.39 is 0 Å². The van der Waals surface area contributed by atoms with E-state index in [0.717, 1.165) is 18.7 Å². The summed E-state index contributed by atoms with van der Waals surface area (Å²) in [7, 11) is 0. The Morgan fingerprint density at radius 1 is 1.09 bits per heavy atom. The van der Waals surface area contributed by atoms with Crippen LogP contribution in [0.2, 0.25) is 0 Å². The van der Waals surface area contributed by atoms with Gasteiger partial charge in [-0.2, -0.15) is 0 Å². The maximum absolute atomic E-state index is 12.7. The lowest BCUT2D eigenvalue weighted by Gasteiger charge is -2.39. The average molecular weight is 298 g/mol. The molecule has 22 heavy (non-hydrogen) atoms. The molecule has 0 aliphatic carbocycles. The topological polar surface area (TPSA) is 32.3 Å². The number of ketones is 1. The predicted molar refractivity (Wildman–Crippen MR) is 89.5 cm³/mol. The molecule has 0 bridgehead atoms. The summed E-state index contributed by atoms with van der Waals surface area (Å²) in [6.07, 6.45) is 6.29. The lowest BCUT2D eigenvalue weighted by atomic mass is 9.85. The van der Waals surface area contributed by atoms with Crippen molar-refractivity contribution in [2.45, 2.75) is 51.1 Å². The summed E-state index contributed by atoms with van der Waals surface area (Å²) >= 11 is 0. The van der Waals surface area contributed by atoms with Gasteiger partial charge in [-0.3, -0.25) is 9.69 Å². The maximum atomic E-state index is 12.7. The van der Waals surface area contributed by atoms with Crippen LogP contribution >= 0.6 is 0 Å². The van der Waals surface area contributed by atoms with Gasteiger partial charge in [0, 0.05) is 23.7 Å². The van der Waals surface area contributed by atoms with Crippen molar-refractivity contribution in [3.05, 3.63) is 47.7 Å². The largest absolute Gasteiger partial charge is 0.385 e. The molecular weight excluding hydrogens is 272 g/mol. The molecule has 1 aromatic rings. The second-order valence-electron chi connectivity index (χ2n) is 7.14. The fourth-order valence-corrected chi connectivity index (χ4v) is 3.54. The van der Waals surface area contributed by atoms with E-state index in [2.05, 4.69) is 48.3 Å². The Morgan fingerprint density at radius 3 is 2.41 bits per heavy atom. The van der Waals surface area contributed by atoms with Crippen LogP contribution in [-0.4, -0.2) is 29.3 Å². The number of Topliss-reactive ketones (excluding diaryl/α,β-unsaturated/α-hetero) is 1. The van der Waals surface area contributed by atoms with Crippen molar-refractivity contribution in [1.82, 2.24) is 10.2 Å². The first-order chi connectivity index (χ1) is 10.6. The number of likely N-dealkylation sites (tertiary alicyclic amines) is 1. The molecule has 1 unspecified atom stereocenters. The van der Waals surface area contributed by atoms with Crippen LogP contribution < -0.4 is 5.32 Å². The number of piperidine rings is 1. The van der Waals surface area contributed by atoms with E-state index in [4.69, 9.17) is 0 Å². The fraction of sp³-hybridized carbons (Fsp3) is 0.526. The predicted octanol–water partition coefficient (Wildman–Crippen LogP) is 3.44. The van der Waals surface area contributed by atoms with Gasteiger partial charge in [0.1, 0.15) is 0 Å². The van der Waals surface area contributed by atoms with Gasteiger partial charge in [-0.15, -0.1) is 0 Å². The van der Waals surface area contributed by atoms with Crippen LogP contribution in [0.5, 0.6) is 0 Å².